The molecule has 0 aliphatic carbocycles. The molecular formula is C35H40ClN7O4. The van der Waals surface area contributed by atoms with E-state index < -0.39 is 6.10 Å². The molecule has 12 heteroatoms. The maximum absolute atomic E-state index is 13.5. The van der Waals surface area contributed by atoms with E-state index in [1.54, 1.807) is 0 Å². The molecule has 8 rings (SSSR count). The number of amides is 1. The largest absolute Gasteiger partial charge is 0.462 e. The van der Waals surface area contributed by atoms with Crippen molar-refractivity contribution in [2.45, 2.75) is 56.5 Å². The number of likely N-dealkylation sites (tertiary alicyclic amines) is 1. The third-order valence-electron chi connectivity index (χ3n) is 10.6. The summed E-state index contributed by atoms with van der Waals surface area (Å²) in [5.41, 5.74) is 3.13. The number of carbonyl (C=O) groups is 1. The fourth-order valence-electron chi connectivity index (χ4n) is 7.73. The lowest BCUT2D eigenvalue weighted by atomic mass is 9.99. The highest BCUT2D eigenvalue weighted by atomic mass is 35.5. The minimum atomic E-state index is -0.425. The first-order valence-electron chi connectivity index (χ1n) is 16.8. The highest BCUT2D eigenvalue weighted by Gasteiger charge is 2.54. The molecule has 1 amide bonds. The lowest BCUT2D eigenvalue weighted by Crippen LogP contribution is -2.57. The monoisotopic (exact) mass is 657 g/mol. The second-order valence-electron chi connectivity index (χ2n) is 13.4. The van der Waals surface area contributed by atoms with Crippen LogP contribution in [0.3, 0.4) is 0 Å². The zero-order valence-corrected chi connectivity index (χ0v) is 27.4. The van der Waals surface area contributed by atoms with Gasteiger partial charge in [0.1, 0.15) is 18.5 Å². The Morgan fingerprint density at radius 1 is 1.09 bits per heavy atom. The number of anilines is 2. The summed E-state index contributed by atoms with van der Waals surface area (Å²) >= 11 is 6.73. The van der Waals surface area contributed by atoms with Gasteiger partial charge < -0.3 is 33.8 Å². The molecule has 5 aliphatic rings. The zero-order chi connectivity index (χ0) is 32.1. The van der Waals surface area contributed by atoms with Crippen LogP contribution < -0.4 is 14.5 Å². The van der Waals surface area contributed by atoms with Crippen LogP contribution in [0.4, 0.5) is 11.5 Å². The van der Waals surface area contributed by atoms with Gasteiger partial charge in [0.05, 0.1) is 49.0 Å². The summed E-state index contributed by atoms with van der Waals surface area (Å²) in [5, 5.41) is 12.6. The van der Waals surface area contributed by atoms with Crippen LogP contribution in [0.25, 0.3) is 10.8 Å². The van der Waals surface area contributed by atoms with Gasteiger partial charge in [0.15, 0.2) is 6.10 Å². The molecule has 3 aromatic rings. The van der Waals surface area contributed by atoms with Crippen molar-refractivity contribution in [3.8, 4) is 12.1 Å². The highest BCUT2D eigenvalue weighted by Crippen LogP contribution is 2.39. The lowest BCUT2D eigenvalue weighted by molar-refractivity contribution is -0.135. The third-order valence-corrected chi connectivity index (χ3v) is 10.9. The number of hydrogen-bond donors (Lipinski definition) is 0. The molecule has 47 heavy (non-hydrogen) atoms. The molecule has 4 saturated heterocycles. The number of epoxide rings is 1. The first-order chi connectivity index (χ1) is 23.0. The van der Waals surface area contributed by atoms with E-state index in [-0.39, 0.29) is 24.5 Å². The lowest BCUT2D eigenvalue weighted by Gasteiger charge is -2.42. The summed E-state index contributed by atoms with van der Waals surface area (Å²) in [6.07, 6.45) is 2.75. The number of rotatable bonds is 8. The molecule has 0 unspecified atom stereocenters. The van der Waals surface area contributed by atoms with Crippen LogP contribution in [0, 0.1) is 17.2 Å². The van der Waals surface area contributed by atoms with Crippen LogP contribution in [-0.4, -0.2) is 110 Å². The van der Waals surface area contributed by atoms with Gasteiger partial charge in [-0.05, 0) is 50.4 Å². The molecule has 2 aromatic carbocycles. The van der Waals surface area contributed by atoms with Gasteiger partial charge in [-0.15, -0.1) is 0 Å². The van der Waals surface area contributed by atoms with E-state index in [0.29, 0.717) is 64.0 Å². The van der Waals surface area contributed by atoms with Crippen molar-refractivity contribution in [2.75, 3.05) is 69.4 Å². The molecule has 246 valence electrons. The topological polar surface area (TPSA) is 111 Å². The van der Waals surface area contributed by atoms with Crippen LogP contribution in [0.1, 0.15) is 30.5 Å². The quantitative estimate of drug-likeness (QED) is 0.333. The predicted octanol–water partition coefficient (Wildman–Crippen LogP) is 3.66. The molecule has 0 N–H and O–H groups in total. The number of benzene rings is 2. The van der Waals surface area contributed by atoms with E-state index in [1.807, 2.05) is 17.0 Å². The molecule has 5 aliphatic heterocycles. The second kappa shape index (κ2) is 12.7. The van der Waals surface area contributed by atoms with Gasteiger partial charge in [-0.2, -0.15) is 15.2 Å². The smallest absolute Gasteiger partial charge is 0.318 e. The maximum Gasteiger partial charge on any atom is 0.318 e. The minimum Gasteiger partial charge on any atom is -0.462 e. The Balaban J connectivity index is 1.08. The Labute approximate surface area is 279 Å². The number of hydrogen-bond acceptors (Lipinski definition) is 10. The number of piperazine rings is 1. The van der Waals surface area contributed by atoms with Crippen molar-refractivity contribution < 1.29 is 19.0 Å². The van der Waals surface area contributed by atoms with Gasteiger partial charge in [0, 0.05) is 54.8 Å². The Morgan fingerprint density at radius 3 is 2.70 bits per heavy atom. The van der Waals surface area contributed by atoms with Gasteiger partial charge in [0.2, 0.25) is 0 Å². The average molecular weight is 658 g/mol. The maximum atomic E-state index is 13.5. The molecular weight excluding hydrogens is 618 g/mol. The van der Waals surface area contributed by atoms with Crippen LogP contribution in [-0.2, 0) is 27.2 Å². The molecule has 6 heterocycles. The number of nitrogens with zero attached hydrogens (tertiary/aromatic N) is 7. The van der Waals surface area contributed by atoms with Crippen molar-refractivity contribution in [1.29, 1.82) is 5.26 Å². The van der Waals surface area contributed by atoms with Crippen molar-refractivity contribution in [3.05, 3.63) is 52.7 Å². The number of fused-ring (bicyclic) bond motifs is 2. The normalized spacial score (nSPS) is 26.2. The Morgan fingerprint density at radius 2 is 1.94 bits per heavy atom. The fourth-order valence-corrected chi connectivity index (χ4v) is 8.01. The fraction of sp³-hybridized carbons (Fsp3) is 0.543. The molecule has 4 fully saturated rings. The average Bonchev–Trinajstić information content (AvgIpc) is 3.72. The molecule has 0 radical (unpaired) electrons. The van der Waals surface area contributed by atoms with E-state index >= 15 is 0 Å². The molecule has 0 bridgehead atoms. The molecule has 4 atom stereocenters. The first-order valence-corrected chi connectivity index (χ1v) is 17.2. The van der Waals surface area contributed by atoms with Crippen LogP contribution in [0.5, 0.6) is 6.01 Å². The highest BCUT2D eigenvalue weighted by molar-refractivity contribution is 6.36. The summed E-state index contributed by atoms with van der Waals surface area (Å²) in [7, 11) is 2.14. The Bertz CT molecular complexity index is 1710. The number of likely N-dealkylation sites (N-methyl/N-ethyl adjacent to an activating group) is 1. The van der Waals surface area contributed by atoms with Crippen molar-refractivity contribution in [2.24, 2.45) is 5.92 Å². The SMILES string of the molecule is CN1CCC[C@H]1COc1nc2c(c(N3CCN(C(=O)[C@@H]4O[C@H]4C4COC4)[C@@H](CC#N)C3)n1)CCN(c1cccc3cccc(Cl)c13)C2. The summed E-state index contributed by atoms with van der Waals surface area (Å²) in [6.45, 7) is 5.90. The molecule has 11 nitrogen and oxygen atoms in total. The molecule has 0 saturated carbocycles. The van der Waals surface area contributed by atoms with E-state index in [2.05, 4.69) is 52.1 Å². The summed E-state index contributed by atoms with van der Waals surface area (Å²) < 4.78 is 17.4. The second-order valence-corrected chi connectivity index (χ2v) is 13.8. The Hall–Kier alpha value is -3.69. The number of aromatic nitrogens is 2. The number of carbonyl (C=O) groups excluding carboxylic acids is 1. The summed E-state index contributed by atoms with van der Waals surface area (Å²) in [6, 6.07) is 15.1. The third kappa shape index (κ3) is 5.86. The standard InChI is InChI=1S/C35H40ClN7O4/c1-40-13-4-7-25(40)21-46-35-38-28-18-41(29-9-3-6-22-5-2-8-27(36)30(22)29)14-11-26(28)33(39-35)42-15-16-43(24(17-42)10-12-37)34(44)32-31(47-32)23-19-45-20-23/h2-3,5-6,8-9,23-25,31-32H,4,7,10-11,13-21H2,1H3/t24-,25-,31-,32+/m0/s1. The first kappa shape index (κ1) is 30.6. The van der Waals surface area contributed by atoms with Crippen LogP contribution >= 0.6 is 11.6 Å². The van der Waals surface area contributed by atoms with Crippen molar-refractivity contribution in [1.82, 2.24) is 19.8 Å². The minimum absolute atomic E-state index is 0.0133. The van der Waals surface area contributed by atoms with Crippen LogP contribution in [0.2, 0.25) is 5.02 Å². The number of ether oxygens (including phenoxy) is 3. The van der Waals surface area contributed by atoms with E-state index in [0.717, 1.165) is 70.9 Å². The van der Waals surface area contributed by atoms with E-state index in [4.69, 9.17) is 35.8 Å². The number of halogens is 1. The molecule has 0 spiro atoms. The number of nitriles is 1. The zero-order valence-electron chi connectivity index (χ0n) is 26.7. The van der Waals surface area contributed by atoms with E-state index in [1.165, 1.54) is 0 Å². The molecule has 1 aromatic heterocycles. The van der Waals surface area contributed by atoms with Gasteiger partial charge in [0.25, 0.3) is 5.91 Å². The van der Waals surface area contributed by atoms with Gasteiger partial charge in [-0.1, -0.05) is 35.9 Å². The van der Waals surface area contributed by atoms with Gasteiger partial charge >= 0.3 is 6.01 Å². The van der Waals surface area contributed by atoms with E-state index in [9.17, 15) is 10.1 Å². The summed E-state index contributed by atoms with van der Waals surface area (Å²) in [4.78, 5) is 32.3. The van der Waals surface area contributed by atoms with Gasteiger partial charge in [-0.25, -0.2) is 0 Å². The summed E-state index contributed by atoms with van der Waals surface area (Å²) in [5.74, 6) is 1.13. The van der Waals surface area contributed by atoms with Crippen molar-refractivity contribution >= 4 is 39.8 Å². The van der Waals surface area contributed by atoms with Gasteiger partial charge in [-0.3, -0.25) is 4.79 Å². The predicted molar refractivity (Wildman–Crippen MR) is 178 cm³/mol. The Kier molecular flexibility index (Phi) is 8.30. The van der Waals surface area contributed by atoms with Crippen molar-refractivity contribution in [3.63, 3.8) is 0 Å². The van der Waals surface area contributed by atoms with Crippen LogP contribution in [0.15, 0.2) is 36.4 Å².